The Hall–Kier alpha value is -1.19. The first-order valence-electron chi connectivity index (χ1n) is 7.24. The van der Waals surface area contributed by atoms with Crippen LogP contribution >= 0.6 is 0 Å². The molecule has 0 saturated carbocycles. The molecular formula is C12H22N4O4S. The van der Waals surface area contributed by atoms with Crippen LogP contribution in [0.4, 0.5) is 0 Å². The van der Waals surface area contributed by atoms with Crippen LogP contribution in [0.15, 0.2) is 4.99 Å². The fourth-order valence-corrected chi connectivity index (χ4v) is 3.11. The van der Waals surface area contributed by atoms with E-state index in [4.69, 9.17) is 9.96 Å². The number of rotatable bonds is 2. The van der Waals surface area contributed by atoms with Gasteiger partial charge in [-0.1, -0.05) is 19.3 Å². The third kappa shape index (κ3) is 4.65. The van der Waals surface area contributed by atoms with Crippen LogP contribution in [0, 0.1) is 5.41 Å². The van der Waals surface area contributed by atoms with Gasteiger partial charge >= 0.3 is 10.4 Å². The highest BCUT2D eigenvalue weighted by Gasteiger charge is 2.31. The van der Waals surface area contributed by atoms with Crippen molar-refractivity contribution < 1.29 is 17.3 Å². The maximum atomic E-state index is 10.8. The van der Waals surface area contributed by atoms with Gasteiger partial charge in [0.05, 0.1) is 6.04 Å². The number of nitrogens with zero attached hydrogens (tertiary/aromatic N) is 3. The van der Waals surface area contributed by atoms with E-state index in [1.165, 1.54) is 19.3 Å². The number of aliphatic imine (C=N–C) groups is 1. The highest BCUT2D eigenvalue weighted by molar-refractivity contribution is 7.80. The minimum absolute atomic E-state index is 0.302. The van der Waals surface area contributed by atoms with Crippen molar-refractivity contribution in [1.29, 1.82) is 5.41 Å². The number of likely N-dealkylation sites (tertiary alicyclic amines) is 1. The summed E-state index contributed by atoms with van der Waals surface area (Å²) in [6.45, 7) is 3.56. The fraction of sp³-hybridized carbons (Fsp3) is 0.833. The molecule has 0 aromatic carbocycles. The van der Waals surface area contributed by atoms with Crippen molar-refractivity contribution in [3.63, 3.8) is 0 Å². The van der Waals surface area contributed by atoms with Crippen molar-refractivity contribution in [3.05, 3.63) is 0 Å². The summed E-state index contributed by atoms with van der Waals surface area (Å²) >= 11 is 0. The molecule has 2 aliphatic rings. The van der Waals surface area contributed by atoms with Crippen LogP contribution in [0.25, 0.3) is 0 Å². The zero-order valence-corrected chi connectivity index (χ0v) is 13.0. The van der Waals surface area contributed by atoms with Gasteiger partial charge in [-0.2, -0.15) is 18.5 Å². The third-order valence-corrected chi connectivity index (χ3v) is 4.07. The Morgan fingerprint density at radius 1 is 1.24 bits per heavy atom. The molecule has 21 heavy (non-hydrogen) atoms. The summed E-state index contributed by atoms with van der Waals surface area (Å²) in [6, 6.07) is -0.377. The van der Waals surface area contributed by atoms with Crippen molar-refractivity contribution in [2.24, 2.45) is 4.99 Å². The Kier molecular flexibility index (Phi) is 5.17. The van der Waals surface area contributed by atoms with E-state index in [-0.39, 0.29) is 12.0 Å². The van der Waals surface area contributed by atoms with E-state index in [2.05, 4.69) is 14.2 Å². The zero-order valence-electron chi connectivity index (χ0n) is 12.2. The number of amidine groups is 1. The van der Waals surface area contributed by atoms with Gasteiger partial charge in [-0.25, -0.2) is 0 Å². The zero-order chi connectivity index (χ0) is 15.5. The summed E-state index contributed by atoms with van der Waals surface area (Å²) in [5.41, 5.74) is 0. The lowest BCUT2D eigenvalue weighted by Crippen LogP contribution is -2.48. The molecule has 2 aliphatic heterocycles. The molecule has 120 valence electrons. The van der Waals surface area contributed by atoms with Gasteiger partial charge < -0.3 is 4.90 Å². The average molecular weight is 318 g/mol. The van der Waals surface area contributed by atoms with Crippen LogP contribution in [0.5, 0.6) is 0 Å². The molecule has 2 heterocycles. The molecule has 0 amide bonds. The summed E-state index contributed by atoms with van der Waals surface area (Å²) < 4.78 is 34.7. The van der Waals surface area contributed by atoms with Crippen LogP contribution in [-0.2, 0) is 14.7 Å². The summed E-state index contributed by atoms with van der Waals surface area (Å²) in [5.74, 6) is 0.494. The Morgan fingerprint density at radius 2 is 1.81 bits per heavy atom. The highest BCUT2D eigenvalue weighted by atomic mass is 32.3. The van der Waals surface area contributed by atoms with E-state index >= 15 is 0 Å². The molecule has 0 bridgehead atoms. The summed E-state index contributed by atoms with van der Waals surface area (Å²) in [7, 11) is -4.64. The second kappa shape index (κ2) is 6.71. The molecule has 0 aliphatic carbocycles. The largest absolute Gasteiger partial charge is 0.418 e. The molecule has 8 nitrogen and oxygen atoms in total. The summed E-state index contributed by atoms with van der Waals surface area (Å²) in [5, 5.41) is 8.64. The van der Waals surface area contributed by atoms with E-state index in [9.17, 15) is 8.42 Å². The summed E-state index contributed by atoms with van der Waals surface area (Å²) in [4.78, 5) is 6.32. The van der Waals surface area contributed by atoms with Crippen molar-refractivity contribution in [1.82, 2.24) is 9.96 Å². The van der Waals surface area contributed by atoms with Crippen LogP contribution < -0.4 is 0 Å². The molecule has 2 N–H and O–H groups in total. The lowest BCUT2D eigenvalue weighted by atomic mass is 10.1. The lowest BCUT2D eigenvalue weighted by molar-refractivity contribution is -0.0231. The quantitative estimate of drug-likeness (QED) is 0.746. The van der Waals surface area contributed by atoms with Gasteiger partial charge in [0.15, 0.2) is 0 Å². The topological polar surface area (TPSA) is 106 Å². The van der Waals surface area contributed by atoms with Gasteiger partial charge in [0.1, 0.15) is 5.84 Å². The smallest absolute Gasteiger partial charge is 0.360 e. The van der Waals surface area contributed by atoms with E-state index in [1.807, 2.05) is 0 Å². The molecule has 9 heteroatoms. The number of hydrogen-bond acceptors (Lipinski definition) is 5. The van der Waals surface area contributed by atoms with E-state index in [1.54, 1.807) is 6.92 Å². The normalized spacial score (nSPS) is 25.3. The van der Waals surface area contributed by atoms with Gasteiger partial charge in [-0.15, -0.1) is 4.28 Å². The Bertz CT molecular complexity index is 511. The molecule has 0 aromatic heterocycles. The van der Waals surface area contributed by atoms with Crippen molar-refractivity contribution in [3.8, 4) is 0 Å². The van der Waals surface area contributed by atoms with Gasteiger partial charge in [0.2, 0.25) is 5.96 Å². The number of hydrogen-bond donors (Lipinski definition) is 2. The Labute approximate surface area is 125 Å². The molecule has 1 atom stereocenters. The number of nitrogens with one attached hydrogen (secondary N) is 1. The number of guanidine groups is 1. The Balaban J connectivity index is 2.08. The second-order valence-electron chi connectivity index (χ2n) is 5.49. The monoisotopic (exact) mass is 318 g/mol. The van der Waals surface area contributed by atoms with Gasteiger partial charge in [0.25, 0.3) is 0 Å². The van der Waals surface area contributed by atoms with Crippen LogP contribution in [0.1, 0.15) is 45.4 Å². The highest BCUT2D eigenvalue weighted by Crippen LogP contribution is 2.19. The fourth-order valence-electron chi connectivity index (χ4n) is 2.69. The molecule has 1 fully saturated rings. The molecule has 0 aromatic rings. The molecule has 0 spiro atoms. The maximum absolute atomic E-state index is 10.8. The van der Waals surface area contributed by atoms with Gasteiger partial charge in [0, 0.05) is 19.5 Å². The van der Waals surface area contributed by atoms with Gasteiger partial charge in [-0.05, 0) is 19.8 Å². The summed E-state index contributed by atoms with van der Waals surface area (Å²) in [6.07, 6.45) is 6.36. The lowest BCUT2D eigenvalue weighted by Gasteiger charge is -2.35. The first kappa shape index (κ1) is 16.2. The van der Waals surface area contributed by atoms with Crippen LogP contribution in [-0.4, -0.2) is 53.9 Å². The van der Waals surface area contributed by atoms with Crippen molar-refractivity contribution in [2.45, 2.75) is 51.5 Å². The minimum Gasteiger partial charge on any atom is -0.360 e. The first-order chi connectivity index (χ1) is 9.87. The molecular weight excluding hydrogens is 296 g/mol. The minimum atomic E-state index is -4.64. The Morgan fingerprint density at radius 3 is 2.33 bits per heavy atom. The standard InChI is InChI=1S/C12H22N4O4S/c1-10-9-11(15-7-5-3-2-4-6-8-15)14-12(13)16(10)20-21(17,18)19/h10,13H,2-9H2,1H3,(H,17,18,19). The predicted molar refractivity (Wildman–Crippen MR) is 78.4 cm³/mol. The van der Waals surface area contributed by atoms with Crippen molar-refractivity contribution in [2.75, 3.05) is 13.1 Å². The SMILES string of the molecule is CC1CC(N2CCCCCCC2)=NC(=N)N1OS(=O)(=O)O. The molecule has 0 radical (unpaired) electrons. The van der Waals surface area contributed by atoms with E-state index in [0.717, 1.165) is 36.8 Å². The maximum Gasteiger partial charge on any atom is 0.418 e. The first-order valence-corrected chi connectivity index (χ1v) is 8.60. The third-order valence-electron chi connectivity index (χ3n) is 3.72. The van der Waals surface area contributed by atoms with Crippen LogP contribution in [0.3, 0.4) is 0 Å². The van der Waals surface area contributed by atoms with E-state index in [0.29, 0.717) is 6.42 Å². The molecule has 1 unspecified atom stereocenters. The molecule has 2 rings (SSSR count). The predicted octanol–water partition coefficient (Wildman–Crippen LogP) is 1.41. The van der Waals surface area contributed by atoms with E-state index < -0.39 is 10.4 Å². The van der Waals surface area contributed by atoms with Crippen LogP contribution in [0.2, 0.25) is 0 Å². The number of hydroxylamine groups is 2. The van der Waals surface area contributed by atoms with Crippen molar-refractivity contribution >= 4 is 22.2 Å². The van der Waals surface area contributed by atoms with Gasteiger partial charge in [-0.3, -0.25) is 9.96 Å². The molecule has 1 saturated heterocycles. The average Bonchev–Trinajstić information content (AvgIpc) is 2.32. The second-order valence-corrected chi connectivity index (χ2v) is 6.49.